The quantitative estimate of drug-likeness (QED) is 0.630. The molecule has 0 radical (unpaired) electrons. The summed E-state index contributed by atoms with van der Waals surface area (Å²) in [5.41, 5.74) is 0. The van der Waals surface area contributed by atoms with Crippen molar-refractivity contribution in [3.8, 4) is 0 Å². The molecular formula is C16H34O3Si. The van der Waals surface area contributed by atoms with E-state index >= 15 is 0 Å². The lowest BCUT2D eigenvalue weighted by Crippen LogP contribution is -2.47. The van der Waals surface area contributed by atoms with Crippen LogP contribution < -0.4 is 0 Å². The summed E-state index contributed by atoms with van der Waals surface area (Å²) in [6.07, 6.45) is 4.87. The number of hydrogen-bond donors (Lipinski definition) is 0. The maximum absolute atomic E-state index is 6.31. The maximum Gasteiger partial charge on any atom is 0.361 e. The summed E-state index contributed by atoms with van der Waals surface area (Å²) in [6, 6.07) is 0. The van der Waals surface area contributed by atoms with Crippen LogP contribution in [0.2, 0.25) is 6.55 Å². The minimum atomic E-state index is -2.14. The lowest BCUT2D eigenvalue weighted by atomic mass is 9.75. The third-order valence-corrected chi connectivity index (χ3v) is 6.91. The Kier molecular flexibility index (Phi) is 7.73. The van der Waals surface area contributed by atoms with Crippen molar-refractivity contribution in [3.05, 3.63) is 0 Å². The van der Waals surface area contributed by atoms with Gasteiger partial charge in [0.2, 0.25) is 0 Å². The van der Waals surface area contributed by atoms with Crippen LogP contribution in [-0.4, -0.2) is 34.1 Å². The smallest absolute Gasteiger partial charge is 0.361 e. The summed E-state index contributed by atoms with van der Waals surface area (Å²) in [5, 5.41) is 0. The highest BCUT2D eigenvalue weighted by atomic mass is 28.4. The van der Waals surface area contributed by atoms with Crippen molar-refractivity contribution < 1.29 is 13.6 Å². The molecule has 3 nitrogen and oxygen atoms in total. The van der Waals surface area contributed by atoms with E-state index in [4.69, 9.17) is 13.6 Å². The van der Waals surface area contributed by atoms with Gasteiger partial charge < -0.3 is 13.6 Å². The molecule has 0 heterocycles. The Morgan fingerprint density at radius 2 is 1.70 bits per heavy atom. The Labute approximate surface area is 126 Å². The minimum absolute atomic E-state index is 0.381. The Bertz CT molecular complexity index is 264. The molecule has 0 saturated heterocycles. The van der Waals surface area contributed by atoms with Gasteiger partial charge >= 0.3 is 8.56 Å². The first-order valence-corrected chi connectivity index (χ1v) is 10.8. The zero-order valence-corrected chi connectivity index (χ0v) is 15.3. The highest BCUT2D eigenvalue weighted by molar-refractivity contribution is 6.65. The maximum atomic E-state index is 6.31. The van der Waals surface area contributed by atoms with E-state index in [0.29, 0.717) is 37.4 Å². The molecule has 4 heteroatoms. The zero-order chi connectivity index (χ0) is 15.2. The molecule has 0 aromatic rings. The van der Waals surface area contributed by atoms with Crippen molar-refractivity contribution in [1.29, 1.82) is 0 Å². The molecule has 0 spiro atoms. The Hall–Kier alpha value is 0.0969. The monoisotopic (exact) mass is 302 g/mol. The van der Waals surface area contributed by atoms with Crippen molar-refractivity contribution >= 4 is 8.56 Å². The topological polar surface area (TPSA) is 27.7 Å². The van der Waals surface area contributed by atoms with Crippen molar-refractivity contribution in [2.45, 2.75) is 66.5 Å². The molecule has 20 heavy (non-hydrogen) atoms. The molecule has 0 aliphatic heterocycles. The highest BCUT2D eigenvalue weighted by Gasteiger charge is 2.36. The van der Waals surface area contributed by atoms with Gasteiger partial charge in [0.05, 0.1) is 12.3 Å². The molecule has 0 N–H and O–H groups in total. The number of hydrogen-bond acceptors (Lipinski definition) is 3. The normalized spacial score (nSPS) is 28.1. The van der Waals surface area contributed by atoms with E-state index in [9.17, 15) is 0 Å². The van der Waals surface area contributed by atoms with Crippen molar-refractivity contribution in [3.63, 3.8) is 0 Å². The Morgan fingerprint density at radius 3 is 2.20 bits per heavy atom. The van der Waals surface area contributed by atoms with Crippen LogP contribution in [0.25, 0.3) is 0 Å². The second kappa shape index (κ2) is 8.52. The summed E-state index contributed by atoms with van der Waals surface area (Å²) >= 11 is 0. The van der Waals surface area contributed by atoms with Gasteiger partial charge in [0.25, 0.3) is 0 Å². The number of ether oxygens (including phenoxy) is 1. The van der Waals surface area contributed by atoms with E-state index in [2.05, 4.69) is 27.3 Å². The molecular weight excluding hydrogens is 268 g/mol. The Balaban J connectivity index is 2.58. The van der Waals surface area contributed by atoms with Crippen LogP contribution >= 0.6 is 0 Å². The van der Waals surface area contributed by atoms with Crippen LogP contribution in [0.15, 0.2) is 0 Å². The second-order valence-electron chi connectivity index (χ2n) is 6.68. The molecule has 0 bridgehead atoms. The molecule has 0 aromatic heterocycles. The lowest BCUT2D eigenvalue weighted by Gasteiger charge is -2.38. The van der Waals surface area contributed by atoms with E-state index in [0.717, 1.165) is 5.92 Å². The van der Waals surface area contributed by atoms with Gasteiger partial charge in [0.15, 0.2) is 0 Å². The largest absolute Gasteiger partial charge is 0.393 e. The second-order valence-corrected chi connectivity index (χ2v) is 9.81. The molecule has 1 aliphatic rings. The third-order valence-electron chi connectivity index (χ3n) is 4.42. The molecule has 3 atom stereocenters. The van der Waals surface area contributed by atoms with E-state index in [1.54, 1.807) is 0 Å². The van der Waals surface area contributed by atoms with Crippen LogP contribution in [-0.2, 0) is 13.6 Å². The molecule has 1 saturated carbocycles. The van der Waals surface area contributed by atoms with Gasteiger partial charge in [-0.15, -0.1) is 0 Å². The number of rotatable bonds is 8. The summed E-state index contributed by atoms with van der Waals surface area (Å²) < 4.78 is 18.1. The van der Waals surface area contributed by atoms with E-state index in [1.807, 2.05) is 13.8 Å². The van der Waals surface area contributed by atoms with Crippen LogP contribution in [0.4, 0.5) is 0 Å². The van der Waals surface area contributed by atoms with Gasteiger partial charge in [-0.25, -0.2) is 0 Å². The average molecular weight is 303 g/mol. The predicted octanol–water partition coefficient (Wildman–Crippen LogP) is 4.15. The molecule has 120 valence electrons. The molecule has 1 rings (SSSR count). The molecule has 0 aromatic carbocycles. The van der Waals surface area contributed by atoms with E-state index < -0.39 is 8.56 Å². The fraction of sp³-hybridized carbons (Fsp3) is 1.00. The fourth-order valence-corrected chi connectivity index (χ4v) is 5.29. The Morgan fingerprint density at radius 1 is 1.10 bits per heavy atom. The summed E-state index contributed by atoms with van der Waals surface area (Å²) in [6.45, 7) is 14.6. The van der Waals surface area contributed by atoms with Crippen molar-refractivity contribution in [2.75, 3.05) is 19.4 Å². The predicted molar refractivity (Wildman–Crippen MR) is 86.0 cm³/mol. The van der Waals surface area contributed by atoms with Crippen LogP contribution in [0.5, 0.6) is 0 Å². The first-order chi connectivity index (χ1) is 9.41. The van der Waals surface area contributed by atoms with Gasteiger partial charge in [-0.3, -0.25) is 0 Å². The molecule has 0 amide bonds. The average Bonchev–Trinajstić information content (AvgIpc) is 2.37. The summed E-state index contributed by atoms with van der Waals surface area (Å²) in [4.78, 5) is 0. The highest BCUT2D eigenvalue weighted by Crippen LogP contribution is 2.35. The van der Waals surface area contributed by atoms with Crippen LogP contribution in [0, 0.1) is 17.8 Å². The molecule has 3 unspecified atom stereocenters. The van der Waals surface area contributed by atoms with Crippen molar-refractivity contribution in [1.82, 2.24) is 0 Å². The fourth-order valence-electron chi connectivity index (χ4n) is 3.30. The van der Waals surface area contributed by atoms with Gasteiger partial charge in [0.1, 0.15) is 0 Å². The summed E-state index contributed by atoms with van der Waals surface area (Å²) in [7, 11) is -2.14. The van der Waals surface area contributed by atoms with Gasteiger partial charge in [-0.1, -0.05) is 27.2 Å². The van der Waals surface area contributed by atoms with Gasteiger partial charge in [-0.2, -0.15) is 0 Å². The molecule has 1 aliphatic carbocycles. The van der Waals surface area contributed by atoms with E-state index in [-0.39, 0.29) is 0 Å². The standard InChI is InChI=1S/C16H34O3Si/c1-7-18-20(6,19-8-2)12-17-16-11-14(5)9-10-15(16)13(3)4/h13-16H,7-12H2,1-6H3. The minimum Gasteiger partial charge on any atom is -0.393 e. The van der Waals surface area contributed by atoms with E-state index in [1.165, 1.54) is 19.3 Å². The lowest BCUT2D eigenvalue weighted by molar-refractivity contribution is -0.0326. The zero-order valence-electron chi connectivity index (χ0n) is 14.3. The van der Waals surface area contributed by atoms with Crippen molar-refractivity contribution in [2.24, 2.45) is 17.8 Å². The third kappa shape index (κ3) is 5.47. The van der Waals surface area contributed by atoms with Gasteiger partial charge in [0, 0.05) is 13.2 Å². The van der Waals surface area contributed by atoms with Crippen LogP contribution in [0.1, 0.15) is 53.9 Å². The molecule has 1 fully saturated rings. The SMILES string of the molecule is CCO[Si](C)(COC1CC(C)CCC1C(C)C)OCC. The van der Waals surface area contributed by atoms with Gasteiger partial charge in [-0.05, 0) is 51.0 Å². The summed E-state index contributed by atoms with van der Waals surface area (Å²) in [5.74, 6) is 2.16. The van der Waals surface area contributed by atoms with Crippen LogP contribution in [0.3, 0.4) is 0 Å². The first-order valence-electron chi connectivity index (χ1n) is 8.31. The first kappa shape index (κ1) is 18.1.